The lowest BCUT2D eigenvalue weighted by molar-refractivity contribution is -0.137. The molecule has 210 valence electrons. The first-order valence-electron chi connectivity index (χ1n) is 12.4. The Bertz CT molecular complexity index is 1750. The number of carbonyl (C=O) groups excluding carboxylic acids is 2. The minimum atomic E-state index is -4.78. The van der Waals surface area contributed by atoms with Crippen molar-refractivity contribution in [2.24, 2.45) is 5.92 Å². The predicted octanol–water partition coefficient (Wildman–Crippen LogP) is 6.90. The second-order valence-corrected chi connectivity index (χ2v) is 12.8. The van der Waals surface area contributed by atoms with Crippen LogP contribution in [-0.4, -0.2) is 22.0 Å². The number of thiazole rings is 1. The SMILES string of the molecule is Cc1cccc(COc2ccc(Br)cc2C2c3sc(=O)[nH]c3SC3C(=O)N(c4ccccc4C(F)(F)F)C(=O)C32)c1. The molecular formula is C29H20BrF3N2O4S2. The van der Waals surface area contributed by atoms with E-state index in [0.717, 1.165) is 46.4 Å². The van der Waals surface area contributed by atoms with Crippen molar-refractivity contribution in [3.63, 3.8) is 0 Å². The van der Waals surface area contributed by atoms with E-state index in [-0.39, 0.29) is 11.5 Å². The van der Waals surface area contributed by atoms with Crippen LogP contribution in [0, 0.1) is 12.8 Å². The third-order valence-corrected chi connectivity index (χ3v) is 9.95. The van der Waals surface area contributed by atoms with Crippen LogP contribution in [0.2, 0.25) is 0 Å². The van der Waals surface area contributed by atoms with Crippen molar-refractivity contribution < 1.29 is 27.5 Å². The highest BCUT2D eigenvalue weighted by Crippen LogP contribution is 2.55. The first-order valence-corrected chi connectivity index (χ1v) is 14.9. The number of thioether (sulfide) groups is 1. The number of fused-ring (bicyclic) bond motifs is 2. The van der Waals surface area contributed by atoms with E-state index in [0.29, 0.717) is 30.6 Å². The van der Waals surface area contributed by atoms with Gasteiger partial charge in [-0.1, -0.05) is 81.0 Å². The molecule has 41 heavy (non-hydrogen) atoms. The number of ether oxygens (including phenoxy) is 1. The fourth-order valence-electron chi connectivity index (χ4n) is 5.35. The summed E-state index contributed by atoms with van der Waals surface area (Å²) < 4.78 is 48.6. The van der Waals surface area contributed by atoms with Gasteiger partial charge in [-0.3, -0.25) is 14.4 Å². The van der Waals surface area contributed by atoms with Crippen molar-refractivity contribution >= 4 is 56.5 Å². The number of aryl methyl sites for hydroxylation is 1. The van der Waals surface area contributed by atoms with Gasteiger partial charge in [-0.25, -0.2) is 4.90 Å². The number of hydrogen-bond donors (Lipinski definition) is 1. The molecule has 1 aromatic heterocycles. The van der Waals surface area contributed by atoms with Gasteiger partial charge in [0, 0.05) is 20.8 Å². The average molecular weight is 662 g/mol. The highest BCUT2D eigenvalue weighted by atomic mass is 79.9. The van der Waals surface area contributed by atoms with Crippen LogP contribution in [0.5, 0.6) is 5.75 Å². The number of hydrogen-bond acceptors (Lipinski definition) is 6. The minimum absolute atomic E-state index is 0.222. The summed E-state index contributed by atoms with van der Waals surface area (Å²) in [4.78, 5) is 43.8. The van der Waals surface area contributed by atoms with Gasteiger partial charge in [0.25, 0.3) is 0 Å². The zero-order valence-electron chi connectivity index (χ0n) is 21.2. The fourth-order valence-corrected chi connectivity index (χ4v) is 8.24. The maximum absolute atomic E-state index is 14.0. The molecule has 6 nitrogen and oxygen atoms in total. The van der Waals surface area contributed by atoms with Crippen LogP contribution in [0.4, 0.5) is 18.9 Å². The predicted molar refractivity (Wildman–Crippen MR) is 154 cm³/mol. The Morgan fingerprint density at radius 3 is 2.54 bits per heavy atom. The normalized spacial score (nSPS) is 20.2. The number of nitrogens with zero attached hydrogens (tertiary/aromatic N) is 1. The Morgan fingerprint density at radius 2 is 1.78 bits per heavy atom. The van der Waals surface area contributed by atoms with E-state index < -0.39 is 46.3 Å². The summed E-state index contributed by atoms with van der Waals surface area (Å²) in [7, 11) is 0. The molecular weight excluding hydrogens is 641 g/mol. The summed E-state index contributed by atoms with van der Waals surface area (Å²) >= 11 is 5.40. The first kappa shape index (κ1) is 27.8. The van der Waals surface area contributed by atoms with E-state index in [1.165, 1.54) is 12.1 Å². The largest absolute Gasteiger partial charge is 0.489 e. The maximum Gasteiger partial charge on any atom is 0.418 e. The van der Waals surface area contributed by atoms with Crippen molar-refractivity contribution in [1.82, 2.24) is 4.98 Å². The van der Waals surface area contributed by atoms with Gasteiger partial charge < -0.3 is 9.72 Å². The van der Waals surface area contributed by atoms with Gasteiger partial charge in [0.2, 0.25) is 11.8 Å². The molecule has 0 radical (unpaired) electrons. The molecule has 1 saturated heterocycles. The molecule has 3 heterocycles. The number of nitrogens with one attached hydrogen (secondary N) is 1. The molecule has 0 spiro atoms. The van der Waals surface area contributed by atoms with Crippen LogP contribution >= 0.6 is 39.0 Å². The van der Waals surface area contributed by atoms with Gasteiger partial charge in [-0.2, -0.15) is 13.2 Å². The summed E-state index contributed by atoms with van der Waals surface area (Å²) in [5.74, 6) is -2.97. The lowest BCUT2D eigenvalue weighted by atomic mass is 9.82. The molecule has 2 aliphatic rings. The Kier molecular flexibility index (Phi) is 7.11. The minimum Gasteiger partial charge on any atom is -0.489 e. The van der Waals surface area contributed by atoms with E-state index in [4.69, 9.17) is 4.74 Å². The van der Waals surface area contributed by atoms with Crippen LogP contribution in [0.1, 0.15) is 33.0 Å². The molecule has 2 amide bonds. The van der Waals surface area contributed by atoms with E-state index in [1.54, 1.807) is 18.2 Å². The summed E-state index contributed by atoms with van der Waals surface area (Å²) in [6.45, 7) is 2.19. The molecule has 3 unspecified atom stereocenters. The average Bonchev–Trinajstić information content (AvgIpc) is 3.41. The summed E-state index contributed by atoms with van der Waals surface area (Å²) in [5.41, 5.74) is 0.946. The highest BCUT2D eigenvalue weighted by Gasteiger charge is 2.57. The van der Waals surface area contributed by atoms with Gasteiger partial charge >= 0.3 is 11.0 Å². The smallest absolute Gasteiger partial charge is 0.418 e. The lowest BCUT2D eigenvalue weighted by Crippen LogP contribution is -2.33. The number of H-pyrrole nitrogens is 1. The van der Waals surface area contributed by atoms with E-state index in [2.05, 4.69) is 20.9 Å². The van der Waals surface area contributed by atoms with Crippen LogP contribution < -0.4 is 14.5 Å². The molecule has 1 N–H and O–H groups in total. The molecule has 12 heteroatoms. The van der Waals surface area contributed by atoms with Crippen LogP contribution in [0.3, 0.4) is 0 Å². The molecule has 3 atom stereocenters. The third-order valence-electron chi connectivity index (χ3n) is 7.06. The van der Waals surface area contributed by atoms with Crippen molar-refractivity contribution in [3.8, 4) is 5.75 Å². The van der Waals surface area contributed by atoms with E-state index in [9.17, 15) is 27.6 Å². The number of alkyl halides is 3. The number of para-hydroxylation sites is 1. The van der Waals surface area contributed by atoms with Crippen LogP contribution in [0.25, 0.3) is 0 Å². The van der Waals surface area contributed by atoms with Crippen molar-refractivity contribution in [1.29, 1.82) is 0 Å². The van der Waals surface area contributed by atoms with Gasteiger partial charge in [0.1, 0.15) is 17.6 Å². The topological polar surface area (TPSA) is 79.5 Å². The molecule has 0 bridgehead atoms. The maximum atomic E-state index is 14.0. The molecule has 6 rings (SSSR count). The summed E-state index contributed by atoms with van der Waals surface area (Å²) in [5, 5.41) is -0.627. The Morgan fingerprint density at radius 1 is 1.00 bits per heavy atom. The number of carbonyl (C=O) groups is 2. The molecule has 4 aromatic rings. The molecule has 3 aromatic carbocycles. The second kappa shape index (κ2) is 10.5. The number of aromatic amines is 1. The fraction of sp³-hybridized carbons (Fsp3) is 0.207. The molecule has 0 aliphatic carbocycles. The number of halogens is 4. The monoisotopic (exact) mass is 660 g/mol. The zero-order valence-corrected chi connectivity index (χ0v) is 24.4. The zero-order chi connectivity index (χ0) is 29.1. The highest BCUT2D eigenvalue weighted by molar-refractivity contribution is 9.10. The van der Waals surface area contributed by atoms with Crippen LogP contribution in [0.15, 0.2) is 81.0 Å². The number of aromatic nitrogens is 1. The first-order chi connectivity index (χ1) is 19.5. The molecule has 2 aliphatic heterocycles. The van der Waals surface area contributed by atoms with Gasteiger partial charge in [-0.05, 0) is 42.8 Å². The third kappa shape index (κ3) is 5.02. The summed E-state index contributed by atoms with van der Waals surface area (Å²) in [6, 6.07) is 17.6. The Labute approximate surface area is 248 Å². The van der Waals surface area contributed by atoms with Crippen molar-refractivity contribution in [2.75, 3.05) is 4.90 Å². The number of imide groups is 1. The number of benzene rings is 3. The standard InChI is InChI=1S/C29H20BrF3N2O4S2/c1-14-5-4-6-15(11-14)13-39-20-10-9-16(30)12-17(20)21-22-24(40-25-23(21)41-28(38)34-25)27(37)35(26(22)36)19-8-3-2-7-18(19)29(31,32)33/h2-12,21-22,24H,13H2,1H3,(H,34,38). The van der Waals surface area contributed by atoms with Gasteiger partial charge in [-0.15, -0.1) is 0 Å². The van der Waals surface area contributed by atoms with Crippen LogP contribution in [-0.2, 0) is 22.4 Å². The second-order valence-electron chi connectivity index (χ2n) is 9.74. The lowest BCUT2D eigenvalue weighted by Gasteiger charge is -2.31. The van der Waals surface area contributed by atoms with Gasteiger partial charge in [0.05, 0.1) is 22.2 Å². The van der Waals surface area contributed by atoms with Crippen molar-refractivity contribution in [2.45, 2.75) is 35.9 Å². The number of anilines is 1. The van der Waals surface area contributed by atoms with E-state index >= 15 is 0 Å². The molecule has 0 saturated carbocycles. The summed E-state index contributed by atoms with van der Waals surface area (Å²) in [6.07, 6.45) is -4.78. The Balaban J connectivity index is 1.46. The Hall–Kier alpha value is -3.35. The number of amides is 2. The van der Waals surface area contributed by atoms with E-state index in [1.807, 2.05) is 31.2 Å². The molecule has 1 fully saturated rings. The quantitative estimate of drug-likeness (QED) is 0.236. The number of rotatable bonds is 5. The van der Waals surface area contributed by atoms with Gasteiger partial charge in [0.15, 0.2) is 0 Å². The van der Waals surface area contributed by atoms with Crippen molar-refractivity contribution in [3.05, 3.63) is 108 Å².